The van der Waals surface area contributed by atoms with Gasteiger partial charge in [-0.3, -0.25) is 14.3 Å². The van der Waals surface area contributed by atoms with Crippen molar-refractivity contribution in [1.82, 2.24) is 9.78 Å². The smallest absolute Gasteiger partial charge is 0.276 e. The number of hydrogen-bond donors (Lipinski definition) is 2. The van der Waals surface area contributed by atoms with E-state index in [4.69, 9.17) is 0 Å². The van der Waals surface area contributed by atoms with Crippen LogP contribution in [-0.2, 0) is 4.79 Å². The molecule has 0 saturated carbocycles. The number of anilines is 2. The quantitative estimate of drug-likeness (QED) is 0.713. The van der Waals surface area contributed by atoms with E-state index >= 15 is 0 Å². The van der Waals surface area contributed by atoms with E-state index in [2.05, 4.69) is 15.7 Å². The lowest BCUT2D eigenvalue weighted by atomic mass is 10.2. The Kier molecular flexibility index (Phi) is 5.43. The maximum Gasteiger partial charge on any atom is 0.276 e. The summed E-state index contributed by atoms with van der Waals surface area (Å²) >= 11 is 0. The van der Waals surface area contributed by atoms with Crippen molar-refractivity contribution in [2.75, 3.05) is 10.6 Å². The Hall–Kier alpha value is -3.41. The van der Waals surface area contributed by atoms with Crippen LogP contribution >= 0.6 is 0 Å². The topological polar surface area (TPSA) is 76.0 Å². The van der Waals surface area contributed by atoms with E-state index in [9.17, 15) is 9.59 Å². The van der Waals surface area contributed by atoms with Crippen molar-refractivity contribution in [3.63, 3.8) is 0 Å². The molecule has 132 valence electrons. The molecule has 0 saturated heterocycles. The van der Waals surface area contributed by atoms with Gasteiger partial charge in [0, 0.05) is 17.6 Å². The van der Waals surface area contributed by atoms with Gasteiger partial charge in [0.2, 0.25) is 5.91 Å². The van der Waals surface area contributed by atoms with Crippen LogP contribution < -0.4 is 10.6 Å². The predicted octanol–water partition coefficient (Wildman–Crippen LogP) is 3.73. The van der Waals surface area contributed by atoms with E-state index in [0.717, 1.165) is 5.69 Å². The normalized spacial score (nSPS) is 11.6. The van der Waals surface area contributed by atoms with Crippen molar-refractivity contribution < 1.29 is 9.59 Å². The van der Waals surface area contributed by atoms with Crippen molar-refractivity contribution >= 4 is 23.2 Å². The largest absolute Gasteiger partial charge is 0.324 e. The summed E-state index contributed by atoms with van der Waals surface area (Å²) in [4.78, 5) is 24.9. The molecule has 2 amide bonds. The molecular formula is C20H20N4O2. The number of nitrogens with one attached hydrogen (secondary N) is 2. The molecule has 3 aromatic rings. The molecule has 1 heterocycles. The zero-order chi connectivity index (χ0) is 18.4. The van der Waals surface area contributed by atoms with Gasteiger partial charge in [-0.15, -0.1) is 0 Å². The number of rotatable bonds is 6. The summed E-state index contributed by atoms with van der Waals surface area (Å²) in [6.07, 6.45) is 2.21. The van der Waals surface area contributed by atoms with Gasteiger partial charge >= 0.3 is 0 Å². The van der Waals surface area contributed by atoms with Crippen molar-refractivity contribution in [2.24, 2.45) is 0 Å². The average molecular weight is 348 g/mol. The SMILES string of the molecule is CCC(C(=O)Nc1ccccc1)n1ccc(C(=O)Nc2ccccc2)n1. The van der Waals surface area contributed by atoms with Gasteiger partial charge in [0.05, 0.1) is 0 Å². The highest BCUT2D eigenvalue weighted by Gasteiger charge is 2.21. The number of benzene rings is 2. The van der Waals surface area contributed by atoms with E-state index in [1.54, 1.807) is 24.4 Å². The number of aromatic nitrogens is 2. The molecule has 1 unspecified atom stereocenters. The van der Waals surface area contributed by atoms with Gasteiger partial charge in [0.25, 0.3) is 5.91 Å². The van der Waals surface area contributed by atoms with E-state index in [0.29, 0.717) is 12.1 Å². The second kappa shape index (κ2) is 8.11. The minimum atomic E-state index is -0.492. The molecule has 1 aromatic heterocycles. The molecule has 0 aliphatic rings. The first kappa shape index (κ1) is 17.4. The van der Waals surface area contributed by atoms with Crippen molar-refractivity contribution in [3.8, 4) is 0 Å². The summed E-state index contributed by atoms with van der Waals surface area (Å²) < 4.78 is 1.53. The van der Waals surface area contributed by atoms with Crippen LogP contribution in [0.15, 0.2) is 72.9 Å². The molecule has 2 N–H and O–H groups in total. The lowest BCUT2D eigenvalue weighted by Gasteiger charge is -2.15. The molecule has 3 rings (SSSR count). The number of hydrogen-bond acceptors (Lipinski definition) is 3. The highest BCUT2D eigenvalue weighted by Crippen LogP contribution is 2.16. The molecule has 0 bridgehead atoms. The zero-order valence-electron chi connectivity index (χ0n) is 14.4. The van der Waals surface area contributed by atoms with Gasteiger partial charge in [-0.25, -0.2) is 0 Å². The van der Waals surface area contributed by atoms with E-state index in [1.807, 2.05) is 55.5 Å². The Balaban J connectivity index is 1.70. The molecule has 1 atom stereocenters. The van der Waals surface area contributed by atoms with Crippen molar-refractivity contribution in [1.29, 1.82) is 0 Å². The molecule has 0 radical (unpaired) electrons. The minimum Gasteiger partial charge on any atom is -0.324 e. The van der Waals surface area contributed by atoms with Crippen LogP contribution in [0.4, 0.5) is 11.4 Å². The fraction of sp³-hybridized carbons (Fsp3) is 0.150. The third kappa shape index (κ3) is 4.16. The zero-order valence-corrected chi connectivity index (χ0v) is 14.4. The third-order valence-electron chi connectivity index (χ3n) is 3.92. The first-order valence-electron chi connectivity index (χ1n) is 8.45. The lowest BCUT2D eigenvalue weighted by Crippen LogP contribution is -2.26. The highest BCUT2D eigenvalue weighted by molar-refractivity contribution is 6.02. The summed E-state index contributed by atoms with van der Waals surface area (Å²) in [5.74, 6) is -0.481. The van der Waals surface area contributed by atoms with Gasteiger partial charge in [-0.05, 0) is 36.8 Å². The standard InChI is InChI=1S/C20H20N4O2/c1-2-18(20(26)22-16-11-7-4-8-12-16)24-14-13-17(23-24)19(25)21-15-9-5-3-6-10-15/h3-14,18H,2H2,1H3,(H,21,25)(H,22,26). The summed E-state index contributed by atoms with van der Waals surface area (Å²) in [6, 6.07) is 19.5. The Labute approximate surface area is 151 Å². The number of amides is 2. The van der Waals surface area contributed by atoms with Crippen molar-refractivity contribution in [3.05, 3.63) is 78.6 Å². The van der Waals surface area contributed by atoms with Crippen LogP contribution in [-0.4, -0.2) is 21.6 Å². The fourth-order valence-corrected chi connectivity index (χ4v) is 2.59. The molecule has 0 aliphatic heterocycles. The average Bonchev–Trinajstić information content (AvgIpc) is 3.14. The first-order chi connectivity index (χ1) is 12.7. The second-order valence-corrected chi connectivity index (χ2v) is 5.78. The lowest BCUT2D eigenvalue weighted by molar-refractivity contribution is -0.119. The molecule has 6 heteroatoms. The number of carbonyl (C=O) groups is 2. The Bertz CT molecular complexity index is 875. The van der Waals surface area contributed by atoms with Crippen LogP contribution in [0, 0.1) is 0 Å². The monoisotopic (exact) mass is 348 g/mol. The molecule has 0 fully saturated rings. The van der Waals surface area contributed by atoms with Crippen LogP contribution in [0.2, 0.25) is 0 Å². The summed E-state index contributed by atoms with van der Waals surface area (Å²) in [7, 11) is 0. The van der Waals surface area contributed by atoms with Gasteiger partial charge < -0.3 is 10.6 Å². The first-order valence-corrected chi connectivity index (χ1v) is 8.45. The maximum absolute atomic E-state index is 12.5. The minimum absolute atomic E-state index is 0.170. The Morgan fingerprint density at radius 1 is 0.923 bits per heavy atom. The van der Waals surface area contributed by atoms with Gasteiger partial charge in [0.1, 0.15) is 6.04 Å². The highest BCUT2D eigenvalue weighted by atomic mass is 16.2. The fourth-order valence-electron chi connectivity index (χ4n) is 2.59. The van der Waals surface area contributed by atoms with E-state index in [-0.39, 0.29) is 17.5 Å². The third-order valence-corrected chi connectivity index (χ3v) is 3.92. The molecule has 0 aliphatic carbocycles. The molecule has 6 nitrogen and oxygen atoms in total. The summed E-state index contributed by atoms with van der Waals surface area (Å²) in [6.45, 7) is 1.90. The van der Waals surface area contributed by atoms with E-state index < -0.39 is 6.04 Å². The molecule has 26 heavy (non-hydrogen) atoms. The van der Waals surface area contributed by atoms with Gasteiger partial charge in [-0.2, -0.15) is 5.10 Å². The number of para-hydroxylation sites is 2. The van der Waals surface area contributed by atoms with E-state index in [1.165, 1.54) is 4.68 Å². The molecular weight excluding hydrogens is 328 g/mol. The number of carbonyl (C=O) groups excluding carboxylic acids is 2. The van der Waals surface area contributed by atoms with Gasteiger partial charge in [-0.1, -0.05) is 43.3 Å². The van der Waals surface area contributed by atoms with Crippen LogP contribution in [0.25, 0.3) is 0 Å². The van der Waals surface area contributed by atoms with Crippen LogP contribution in [0.1, 0.15) is 29.9 Å². The Morgan fingerprint density at radius 3 is 2.08 bits per heavy atom. The number of nitrogens with zero attached hydrogens (tertiary/aromatic N) is 2. The predicted molar refractivity (Wildman–Crippen MR) is 101 cm³/mol. The van der Waals surface area contributed by atoms with Crippen molar-refractivity contribution in [2.45, 2.75) is 19.4 Å². The molecule has 2 aromatic carbocycles. The summed E-state index contributed by atoms with van der Waals surface area (Å²) in [5.41, 5.74) is 1.69. The summed E-state index contributed by atoms with van der Waals surface area (Å²) in [5, 5.41) is 9.94. The van der Waals surface area contributed by atoms with Gasteiger partial charge in [0.15, 0.2) is 5.69 Å². The van der Waals surface area contributed by atoms with Crippen LogP contribution in [0.3, 0.4) is 0 Å². The van der Waals surface area contributed by atoms with Crippen LogP contribution in [0.5, 0.6) is 0 Å². The maximum atomic E-state index is 12.5. The molecule has 0 spiro atoms. The second-order valence-electron chi connectivity index (χ2n) is 5.78. The Morgan fingerprint density at radius 2 is 1.50 bits per heavy atom.